The second-order valence-corrected chi connectivity index (χ2v) is 5.38. The summed E-state index contributed by atoms with van der Waals surface area (Å²) >= 11 is 1.78. The molecule has 0 aliphatic heterocycles. The van der Waals surface area contributed by atoms with E-state index in [1.807, 2.05) is 61.5 Å². The Morgan fingerprint density at radius 1 is 1.05 bits per heavy atom. The van der Waals surface area contributed by atoms with Gasteiger partial charge in [0.2, 0.25) is 0 Å². The molecule has 104 valence electrons. The van der Waals surface area contributed by atoms with E-state index in [1.54, 1.807) is 16.7 Å². The molecule has 0 atom stereocenters. The van der Waals surface area contributed by atoms with Crippen LogP contribution in [0.3, 0.4) is 0 Å². The van der Waals surface area contributed by atoms with E-state index in [0.29, 0.717) is 6.54 Å². The molecule has 0 aliphatic rings. The van der Waals surface area contributed by atoms with Gasteiger partial charge in [0.25, 0.3) is 5.91 Å². The van der Waals surface area contributed by atoms with Gasteiger partial charge in [0.15, 0.2) is 0 Å². The number of para-hydroxylation sites is 1. The largest absolute Gasteiger partial charge is 0.309 e. The lowest BCUT2D eigenvalue weighted by Gasteiger charge is -2.21. The van der Waals surface area contributed by atoms with Crippen molar-refractivity contribution in [1.29, 1.82) is 0 Å². The maximum atomic E-state index is 12.6. The van der Waals surface area contributed by atoms with Crippen molar-refractivity contribution < 1.29 is 4.79 Å². The molecule has 20 heavy (non-hydrogen) atoms. The lowest BCUT2D eigenvalue weighted by molar-refractivity contribution is 0.0988. The van der Waals surface area contributed by atoms with Crippen LogP contribution in [0.2, 0.25) is 0 Å². The van der Waals surface area contributed by atoms with Crippen molar-refractivity contribution in [2.45, 2.75) is 12.7 Å². The van der Waals surface area contributed by atoms with Gasteiger partial charge in [-0.3, -0.25) is 4.79 Å². The number of hydrogen-bond acceptors (Lipinski definition) is 2. The first-order chi connectivity index (χ1) is 9.76. The molecule has 2 aromatic carbocycles. The molecule has 0 N–H and O–H groups in total. The normalized spacial score (nSPS) is 10.3. The first-order valence-electron chi connectivity index (χ1n) is 6.71. The number of rotatable bonds is 5. The molecule has 1 amide bonds. The summed E-state index contributed by atoms with van der Waals surface area (Å²) in [5, 5.41) is 0. The molecule has 0 aliphatic carbocycles. The SMILES string of the molecule is CCN(C(=O)c1ccc(CSC)cc1)c1ccccc1. The number of amides is 1. The third kappa shape index (κ3) is 3.42. The predicted octanol–water partition coefficient (Wildman–Crippen LogP) is 4.22. The van der Waals surface area contributed by atoms with E-state index >= 15 is 0 Å². The average molecular weight is 285 g/mol. The molecular weight excluding hydrogens is 266 g/mol. The minimum Gasteiger partial charge on any atom is -0.309 e. The Kier molecular flexibility index (Phi) is 5.24. The van der Waals surface area contributed by atoms with Crippen molar-refractivity contribution in [3.05, 3.63) is 65.7 Å². The maximum absolute atomic E-state index is 12.6. The van der Waals surface area contributed by atoms with E-state index in [-0.39, 0.29) is 5.91 Å². The van der Waals surface area contributed by atoms with Crippen molar-refractivity contribution in [3.8, 4) is 0 Å². The average Bonchev–Trinajstić information content (AvgIpc) is 2.50. The first kappa shape index (κ1) is 14.7. The Morgan fingerprint density at radius 3 is 2.25 bits per heavy atom. The fraction of sp³-hybridized carbons (Fsp3) is 0.235. The van der Waals surface area contributed by atoms with Gasteiger partial charge in [-0.1, -0.05) is 30.3 Å². The highest BCUT2D eigenvalue weighted by Gasteiger charge is 2.15. The van der Waals surface area contributed by atoms with Crippen LogP contribution >= 0.6 is 11.8 Å². The number of anilines is 1. The van der Waals surface area contributed by atoms with Crippen molar-refractivity contribution in [2.75, 3.05) is 17.7 Å². The van der Waals surface area contributed by atoms with Crippen molar-refractivity contribution >= 4 is 23.4 Å². The van der Waals surface area contributed by atoms with Crippen LogP contribution in [0, 0.1) is 0 Å². The zero-order chi connectivity index (χ0) is 14.4. The summed E-state index contributed by atoms with van der Waals surface area (Å²) in [7, 11) is 0. The van der Waals surface area contributed by atoms with Crippen molar-refractivity contribution in [2.24, 2.45) is 0 Å². The molecule has 0 fully saturated rings. The molecule has 0 spiro atoms. The summed E-state index contributed by atoms with van der Waals surface area (Å²) in [5.41, 5.74) is 2.92. The van der Waals surface area contributed by atoms with Crippen LogP contribution in [0.4, 0.5) is 5.69 Å². The molecule has 2 nitrogen and oxygen atoms in total. The quantitative estimate of drug-likeness (QED) is 0.820. The van der Waals surface area contributed by atoms with Gasteiger partial charge in [-0.2, -0.15) is 11.8 Å². The van der Waals surface area contributed by atoms with Crippen LogP contribution in [0.15, 0.2) is 54.6 Å². The Morgan fingerprint density at radius 2 is 1.70 bits per heavy atom. The standard InChI is InChI=1S/C17H19NOS/c1-3-18(16-7-5-4-6-8-16)17(19)15-11-9-14(10-12-15)13-20-2/h4-12H,3,13H2,1-2H3. The highest BCUT2D eigenvalue weighted by atomic mass is 32.2. The molecule has 0 bridgehead atoms. The van der Waals surface area contributed by atoms with Crippen LogP contribution < -0.4 is 4.90 Å². The second-order valence-electron chi connectivity index (χ2n) is 4.51. The van der Waals surface area contributed by atoms with Crippen LogP contribution in [-0.4, -0.2) is 18.7 Å². The third-order valence-electron chi connectivity index (χ3n) is 3.14. The van der Waals surface area contributed by atoms with Gasteiger partial charge < -0.3 is 4.90 Å². The Labute approximate surface area is 124 Å². The maximum Gasteiger partial charge on any atom is 0.258 e. The number of carbonyl (C=O) groups is 1. The molecule has 0 heterocycles. The summed E-state index contributed by atoms with van der Waals surface area (Å²) in [5.74, 6) is 1.03. The van der Waals surface area contributed by atoms with Crippen molar-refractivity contribution in [3.63, 3.8) is 0 Å². The molecule has 2 rings (SSSR count). The summed E-state index contributed by atoms with van der Waals surface area (Å²) in [4.78, 5) is 14.4. The fourth-order valence-electron chi connectivity index (χ4n) is 2.12. The van der Waals surface area contributed by atoms with E-state index in [1.165, 1.54) is 5.56 Å². The molecule has 0 radical (unpaired) electrons. The number of thioether (sulfide) groups is 1. The molecule has 0 unspecified atom stereocenters. The monoisotopic (exact) mass is 285 g/mol. The summed E-state index contributed by atoms with van der Waals surface area (Å²) in [6.45, 7) is 2.66. The molecular formula is C17H19NOS. The van der Waals surface area contributed by atoms with Crippen LogP contribution in [0.1, 0.15) is 22.8 Å². The molecule has 0 aromatic heterocycles. The van der Waals surface area contributed by atoms with Crippen LogP contribution in [0.25, 0.3) is 0 Å². The first-order valence-corrected chi connectivity index (χ1v) is 8.10. The lowest BCUT2D eigenvalue weighted by Crippen LogP contribution is -2.30. The molecule has 0 saturated heterocycles. The predicted molar refractivity (Wildman–Crippen MR) is 87.5 cm³/mol. The summed E-state index contributed by atoms with van der Waals surface area (Å²) in [6, 6.07) is 17.7. The van der Waals surface area contributed by atoms with Gasteiger partial charge in [-0.05, 0) is 43.0 Å². The smallest absolute Gasteiger partial charge is 0.258 e. The second kappa shape index (κ2) is 7.15. The summed E-state index contributed by atoms with van der Waals surface area (Å²) in [6.07, 6.45) is 2.08. The molecule has 0 saturated carbocycles. The summed E-state index contributed by atoms with van der Waals surface area (Å²) < 4.78 is 0. The fourth-order valence-corrected chi connectivity index (χ4v) is 2.64. The number of carbonyl (C=O) groups excluding carboxylic acids is 1. The number of nitrogens with zero attached hydrogens (tertiary/aromatic N) is 1. The van der Waals surface area contributed by atoms with E-state index in [4.69, 9.17) is 0 Å². The van der Waals surface area contributed by atoms with Gasteiger partial charge in [0.05, 0.1) is 0 Å². The zero-order valence-corrected chi connectivity index (χ0v) is 12.7. The molecule has 3 heteroatoms. The van der Waals surface area contributed by atoms with Crippen LogP contribution in [0.5, 0.6) is 0 Å². The number of benzene rings is 2. The lowest BCUT2D eigenvalue weighted by atomic mass is 10.1. The van der Waals surface area contributed by atoms with E-state index in [9.17, 15) is 4.79 Å². The Bertz CT molecular complexity index is 551. The van der Waals surface area contributed by atoms with E-state index in [0.717, 1.165) is 17.0 Å². The minimum absolute atomic E-state index is 0.0504. The van der Waals surface area contributed by atoms with Crippen LogP contribution in [-0.2, 0) is 5.75 Å². The van der Waals surface area contributed by atoms with Gasteiger partial charge in [0.1, 0.15) is 0 Å². The van der Waals surface area contributed by atoms with Gasteiger partial charge in [0, 0.05) is 23.5 Å². The van der Waals surface area contributed by atoms with Crippen molar-refractivity contribution in [1.82, 2.24) is 0 Å². The topological polar surface area (TPSA) is 20.3 Å². The van der Waals surface area contributed by atoms with E-state index in [2.05, 4.69) is 6.26 Å². The Hall–Kier alpha value is -1.74. The Balaban J connectivity index is 2.20. The highest BCUT2D eigenvalue weighted by Crippen LogP contribution is 2.17. The van der Waals surface area contributed by atoms with E-state index < -0.39 is 0 Å². The third-order valence-corrected chi connectivity index (χ3v) is 3.76. The minimum atomic E-state index is 0.0504. The molecule has 2 aromatic rings. The van der Waals surface area contributed by atoms with Gasteiger partial charge in [-0.25, -0.2) is 0 Å². The van der Waals surface area contributed by atoms with Gasteiger partial charge in [-0.15, -0.1) is 0 Å². The number of hydrogen-bond donors (Lipinski definition) is 0. The van der Waals surface area contributed by atoms with Gasteiger partial charge >= 0.3 is 0 Å². The zero-order valence-electron chi connectivity index (χ0n) is 11.9. The highest BCUT2D eigenvalue weighted by molar-refractivity contribution is 7.97.